The van der Waals surface area contributed by atoms with E-state index in [2.05, 4.69) is 42.2 Å². The van der Waals surface area contributed by atoms with Crippen molar-refractivity contribution in [2.24, 2.45) is 0 Å². The molecular weight excluding hydrogens is 599 g/mol. The summed E-state index contributed by atoms with van der Waals surface area (Å²) < 4.78 is 2.36. The Morgan fingerprint density at radius 1 is 0.531 bits per heavy atom. The maximum atomic E-state index is 12.6. The Bertz CT molecular complexity index is 722. The summed E-state index contributed by atoms with van der Waals surface area (Å²) in [5.41, 5.74) is 0. The lowest BCUT2D eigenvalue weighted by Gasteiger charge is -2.17. The van der Waals surface area contributed by atoms with Gasteiger partial charge in [-0.1, -0.05) is 226 Å². The number of unbranched alkanes of at least 4 members (excludes halogenated alkanes) is 33. The summed E-state index contributed by atoms with van der Waals surface area (Å²) in [4.78, 5) is 12.6. The number of rotatable bonds is 39. The maximum Gasteiger partial charge on any atom is 0.226 e. The van der Waals surface area contributed by atoms with Gasteiger partial charge >= 0.3 is 0 Å². The highest BCUT2D eigenvalue weighted by Crippen LogP contribution is 2.17. The van der Waals surface area contributed by atoms with Crippen LogP contribution in [0.4, 0.5) is 0 Å². The van der Waals surface area contributed by atoms with Crippen molar-refractivity contribution in [2.45, 2.75) is 271 Å². The first-order valence-electron chi connectivity index (χ1n) is 22.8. The Hall–Kier alpha value is -0.900. The average Bonchev–Trinajstić information content (AvgIpc) is 3.58. The second-order valence-electron chi connectivity index (χ2n) is 16.0. The SMILES string of the molecule is CCCCCCCCCCCCCCCCCCCCCCC1NCC=[N+]1C(C)NC(=O)CCCCCCCCCCCCCCCCC. The molecule has 1 aliphatic heterocycles. The molecule has 0 aliphatic carbocycles. The molecule has 0 aromatic rings. The largest absolute Gasteiger partial charge is 0.299 e. The predicted octanol–water partition coefficient (Wildman–Crippen LogP) is 13.9. The fraction of sp³-hybridized carbons (Fsp3) is 0.956. The van der Waals surface area contributed by atoms with Gasteiger partial charge in [0.2, 0.25) is 18.2 Å². The van der Waals surface area contributed by atoms with Gasteiger partial charge in [-0.15, -0.1) is 0 Å². The molecule has 2 unspecified atom stereocenters. The average molecular weight is 689 g/mol. The number of nitrogens with one attached hydrogen (secondary N) is 2. The first-order chi connectivity index (χ1) is 24.2. The molecule has 2 N–H and O–H groups in total. The summed E-state index contributed by atoms with van der Waals surface area (Å²) in [7, 11) is 0. The van der Waals surface area contributed by atoms with Crippen molar-refractivity contribution in [1.82, 2.24) is 10.6 Å². The third-order valence-corrected chi connectivity index (χ3v) is 11.2. The highest BCUT2D eigenvalue weighted by atomic mass is 16.1. The van der Waals surface area contributed by atoms with Crippen LogP contribution in [0, 0.1) is 0 Å². The van der Waals surface area contributed by atoms with Crippen LogP contribution in [-0.4, -0.2) is 35.6 Å². The molecule has 2 atom stereocenters. The van der Waals surface area contributed by atoms with E-state index in [-0.39, 0.29) is 12.1 Å². The van der Waals surface area contributed by atoms with E-state index in [4.69, 9.17) is 0 Å². The summed E-state index contributed by atoms with van der Waals surface area (Å²) in [6, 6.07) is 0. The molecule has 0 fully saturated rings. The summed E-state index contributed by atoms with van der Waals surface area (Å²) in [5, 5.41) is 6.92. The molecule has 4 nitrogen and oxygen atoms in total. The van der Waals surface area contributed by atoms with Gasteiger partial charge in [-0.3, -0.25) is 10.1 Å². The minimum Gasteiger partial charge on any atom is -0.299 e. The lowest BCUT2D eigenvalue weighted by Crippen LogP contribution is -2.46. The molecule has 1 amide bonds. The van der Waals surface area contributed by atoms with Crippen LogP contribution in [0.15, 0.2) is 0 Å². The highest BCUT2D eigenvalue weighted by Gasteiger charge is 2.30. The van der Waals surface area contributed by atoms with E-state index in [1.165, 1.54) is 225 Å². The zero-order valence-electron chi connectivity index (χ0n) is 34.0. The van der Waals surface area contributed by atoms with Gasteiger partial charge in [0.25, 0.3) is 0 Å². The number of carbonyl (C=O) groups is 1. The lowest BCUT2D eigenvalue weighted by atomic mass is 10.0. The van der Waals surface area contributed by atoms with E-state index in [0.29, 0.717) is 12.6 Å². The van der Waals surface area contributed by atoms with Crippen molar-refractivity contribution >= 4 is 12.1 Å². The zero-order chi connectivity index (χ0) is 35.3. The molecule has 4 heteroatoms. The Morgan fingerprint density at radius 2 is 0.837 bits per heavy atom. The van der Waals surface area contributed by atoms with E-state index in [9.17, 15) is 4.79 Å². The Kier molecular flexibility index (Phi) is 34.7. The fourth-order valence-electron chi connectivity index (χ4n) is 7.84. The third kappa shape index (κ3) is 30.4. The molecule has 290 valence electrons. The van der Waals surface area contributed by atoms with E-state index in [1.54, 1.807) is 0 Å². The maximum absolute atomic E-state index is 12.6. The van der Waals surface area contributed by atoms with Crippen molar-refractivity contribution in [2.75, 3.05) is 6.54 Å². The van der Waals surface area contributed by atoms with Crippen LogP contribution >= 0.6 is 0 Å². The normalized spacial score (nSPS) is 15.2. The van der Waals surface area contributed by atoms with Gasteiger partial charge in [0.1, 0.15) is 0 Å². The number of carbonyl (C=O) groups excluding carboxylic acids is 1. The number of amides is 1. The van der Waals surface area contributed by atoms with Gasteiger partial charge < -0.3 is 0 Å². The van der Waals surface area contributed by atoms with Crippen LogP contribution in [0.1, 0.15) is 258 Å². The van der Waals surface area contributed by atoms with Crippen LogP contribution in [0.25, 0.3) is 0 Å². The van der Waals surface area contributed by atoms with Crippen molar-refractivity contribution in [1.29, 1.82) is 0 Å². The van der Waals surface area contributed by atoms with Gasteiger partial charge in [0.05, 0.1) is 6.54 Å². The van der Waals surface area contributed by atoms with Crippen LogP contribution in [-0.2, 0) is 4.79 Å². The van der Waals surface area contributed by atoms with Gasteiger partial charge in [-0.25, -0.2) is 9.89 Å². The summed E-state index contributed by atoms with van der Waals surface area (Å²) in [5.74, 6) is 0.222. The monoisotopic (exact) mass is 689 g/mol. The van der Waals surface area contributed by atoms with Crippen molar-refractivity contribution in [3.05, 3.63) is 0 Å². The number of hydrogen-bond donors (Lipinski definition) is 2. The standard InChI is InChI=1S/C45H89N3O/c1-4-6-8-10-12-14-16-18-20-21-22-23-24-26-27-29-31-33-35-37-39-44-46-41-42-48(44)43(3)47-45(49)40-38-36-34-32-30-28-25-19-17-15-13-11-9-7-5-2/h42-44,46H,4-41H2,1-3H3/p+1. The summed E-state index contributed by atoms with van der Waals surface area (Å²) in [6.07, 6.45) is 53.5. The van der Waals surface area contributed by atoms with Crippen molar-refractivity contribution in [3.8, 4) is 0 Å². The van der Waals surface area contributed by atoms with Gasteiger partial charge in [0.15, 0.2) is 6.21 Å². The first kappa shape index (κ1) is 46.1. The van der Waals surface area contributed by atoms with Crippen LogP contribution in [0.5, 0.6) is 0 Å². The zero-order valence-corrected chi connectivity index (χ0v) is 34.0. The lowest BCUT2D eigenvalue weighted by molar-refractivity contribution is -0.595. The third-order valence-electron chi connectivity index (χ3n) is 11.2. The van der Waals surface area contributed by atoms with E-state index >= 15 is 0 Å². The molecule has 49 heavy (non-hydrogen) atoms. The smallest absolute Gasteiger partial charge is 0.226 e. The Morgan fingerprint density at radius 3 is 1.18 bits per heavy atom. The predicted molar refractivity (Wildman–Crippen MR) is 218 cm³/mol. The van der Waals surface area contributed by atoms with Crippen LogP contribution in [0.2, 0.25) is 0 Å². The van der Waals surface area contributed by atoms with Crippen molar-refractivity contribution < 1.29 is 9.37 Å². The molecule has 1 aliphatic rings. The second kappa shape index (κ2) is 36.9. The Balaban J connectivity index is 1.88. The highest BCUT2D eigenvalue weighted by molar-refractivity contribution is 5.76. The van der Waals surface area contributed by atoms with Crippen LogP contribution in [0.3, 0.4) is 0 Å². The molecular formula is C45H90N3O+. The van der Waals surface area contributed by atoms with E-state index < -0.39 is 0 Å². The van der Waals surface area contributed by atoms with Gasteiger partial charge in [-0.05, 0) is 12.8 Å². The van der Waals surface area contributed by atoms with E-state index in [0.717, 1.165) is 13.0 Å². The van der Waals surface area contributed by atoms with Gasteiger partial charge in [0, 0.05) is 19.8 Å². The topological polar surface area (TPSA) is 44.1 Å². The molecule has 0 aromatic carbocycles. The first-order valence-corrected chi connectivity index (χ1v) is 22.8. The molecule has 1 heterocycles. The number of hydrogen-bond acceptors (Lipinski definition) is 2. The minimum atomic E-state index is 0.0777. The molecule has 0 bridgehead atoms. The number of nitrogens with zero attached hydrogens (tertiary/aromatic N) is 1. The molecule has 0 saturated heterocycles. The Labute approximate surface area is 308 Å². The molecule has 0 spiro atoms. The molecule has 1 rings (SSSR count). The van der Waals surface area contributed by atoms with E-state index in [1.807, 2.05) is 0 Å². The summed E-state index contributed by atoms with van der Waals surface area (Å²) in [6.45, 7) is 7.67. The quantitative estimate of drug-likeness (QED) is 0.0499. The van der Waals surface area contributed by atoms with Crippen LogP contribution < -0.4 is 10.6 Å². The second-order valence-corrected chi connectivity index (χ2v) is 16.0. The minimum absolute atomic E-state index is 0.0777. The summed E-state index contributed by atoms with van der Waals surface area (Å²) >= 11 is 0. The van der Waals surface area contributed by atoms with Gasteiger partial charge in [-0.2, -0.15) is 0 Å². The molecule has 0 radical (unpaired) electrons. The molecule has 0 aromatic heterocycles. The molecule has 0 saturated carbocycles. The fourth-order valence-corrected chi connectivity index (χ4v) is 7.84. The van der Waals surface area contributed by atoms with Crippen molar-refractivity contribution in [3.63, 3.8) is 0 Å².